The van der Waals surface area contributed by atoms with Gasteiger partial charge < -0.3 is 14.6 Å². The van der Waals surface area contributed by atoms with Crippen molar-refractivity contribution in [3.05, 3.63) is 101 Å². The minimum atomic E-state index is -0.905. The highest BCUT2D eigenvalue weighted by molar-refractivity contribution is 7.22. The van der Waals surface area contributed by atoms with Crippen LogP contribution < -0.4 is 14.4 Å². The molecule has 1 amide bonds. The summed E-state index contributed by atoms with van der Waals surface area (Å²) in [5.74, 6) is -0.429. The summed E-state index contributed by atoms with van der Waals surface area (Å²) in [7, 11) is 0. The Labute approximate surface area is 236 Å². The van der Waals surface area contributed by atoms with Gasteiger partial charge in [-0.05, 0) is 79.4 Å². The topological polar surface area (TPSA) is 89.0 Å². The number of ketones is 1. The molecule has 0 spiro atoms. The third kappa shape index (κ3) is 4.34. The van der Waals surface area contributed by atoms with Crippen LogP contribution >= 0.6 is 11.3 Å². The number of rotatable bonds is 6. The average molecular weight is 553 g/mol. The first kappa shape index (κ1) is 25.8. The molecule has 3 aromatic carbocycles. The van der Waals surface area contributed by atoms with Crippen LogP contribution in [0.4, 0.5) is 5.13 Å². The third-order valence-electron chi connectivity index (χ3n) is 7.18. The standard InChI is InChI=1S/C32H28N2O5S/c1-5-11-38-23-8-6-7-20(16-23)28-26(29(35)21-9-10-24-22(15-21)14-19(4)39-24)30(36)31(37)34(28)32-33-27-18(3)12-17(2)13-25(27)40-32/h5-10,12-13,15-16,19,28,35H,1,11,14H2,2-4H3/t19-,28-/m0/s1. The lowest BCUT2D eigenvalue weighted by Crippen LogP contribution is -2.29. The number of aryl methyl sites for hydroxylation is 2. The molecule has 1 fully saturated rings. The molecule has 0 bridgehead atoms. The second kappa shape index (κ2) is 9.95. The minimum Gasteiger partial charge on any atom is -0.507 e. The number of anilines is 1. The van der Waals surface area contributed by atoms with E-state index in [9.17, 15) is 14.7 Å². The van der Waals surface area contributed by atoms with Gasteiger partial charge in [-0.1, -0.05) is 42.2 Å². The molecule has 1 saturated heterocycles. The molecule has 8 heteroatoms. The summed E-state index contributed by atoms with van der Waals surface area (Å²) in [5.41, 5.74) is 4.87. The molecule has 2 atom stereocenters. The maximum Gasteiger partial charge on any atom is 0.301 e. The number of hydrogen-bond donors (Lipinski definition) is 1. The van der Waals surface area contributed by atoms with Crippen LogP contribution in [0.25, 0.3) is 16.0 Å². The number of benzene rings is 3. The van der Waals surface area contributed by atoms with E-state index in [1.165, 1.54) is 16.2 Å². The fourth-order valence-corrected chi connectivity index (χ4v) is 6.63. The van der Waals surface area contributed by atoms with E-state index >= 15 is 0 Å². The Hall–Kier alpha value is -4.43. The first-order chi connectivity index (χ1) is 19.2. The normalized spacial score (nSPS) is 19.6. The van der Waals surface area contributed by atoms with Gasteiger partial charge in [-0.25, -0.2) is 4.98 Å². The molecule has 0 aliphatic carbocycles. The van der Waals surface area contributed by atoms with Gasteiger partial charge >= 0.3 is 5.91 Å². The van der Waals surface area contributed by atoms with Crippen LogP contribution in [0.5, 0.6) is 11.5 Å². The zero-order chi connectivity index (χ0) is 28.1. The fraction of sp³-hybridized carbons (Fsp3) is 0.219. The van der Waals surface area contributed by atoms with Crippen molar-refractivity contribution in [1.82, 2.24) is 4.98 Å². The predicted molar refractivity (Wildman–Crippen MR) is 156 cm³/mol. The number of carbonyl (C=O) groups excluding carboxylic acids is 2. The number of fused-ring (bicyclic) bond motifs is 2. The molecule has 0 saturated carbocycles. The second-order valence-corrected chi connectivity index (χ2v) is 11.2. The van der Waals surface area contributed by atoms with E-state index < -0.39 is 17.7 Å². The number of amides is 1. The van der Waals surface area contributed by atoms with Crippen molar-refractivity contribution >= 4 is 44.1 Å². The Morgan fingerprint density at radius 3 is 2.83 bits per heavy atom. The zero-order valence-corrected chi connectivity index (χ0v) is 23.2. The molecular weight excluding hydrogens is 524 g/mol. The SMILES string of the molecule is C=CCOc1cccc([C@H]2C(=C(O)c3ccc4c(c3)C[C@H](C)O4)C(=O)C(=O)N2c2nc3c(C)cc(C)cc3s2)c1. The van der Waals surface area contributed by atoms with Crippen molar-refractivity contribution in [1.29, 1.82) is 0 Å². The number of hydrogen-bond acceptors (Lipinski definition) is 7. The largest absolute Gasteiger partial charge is 0.507 e. The molecular formula is C32H28N2O5S. The smallest absolute Gasteiger partial charge is 0.301 e. The molecule has 0 unspecified atom stereocenters. The first-order valence-corrected chi connectivity index (χ1v) is 13.9. The molecule has 1 aromatic heterocycles. The number of thiazole rings is 1. The Morgan fingerprint density at radius 1 is 1.20 bits per heavy atom. The van der Waals surface area contributed by atoms with Gasteiger partial charge in [-0.2, -0.15) is 0 Å². The van der Waals surface area contributed by atoms with Gasteiger partial charge in [0.1, 0.15) is 30.0 Å². The molecule has 2 aliphatic heterocycles. The lowest BCUT2D eigenvalue weighted by Gasteiger charge is -2.23. The lowest BCUT2D eigenvalue weighted by molar-refractivity contribution is -0.132. The van der Waals surface area contributed by atoms with Gasteiger partial charge in [0.2, 0.25) is 0 Å². The summed E-state index contributed by atoms with van der Waals surface area (Å²) in [6, 6.07) is 15.7. The van der Waals surface area contributed by atoms with Crippen molar-refractivity contribution in [2.24, 2.45) is 0 Å². The van der Waals surface area contributed by atoms with Crippen LogP contribution in [0, 0.1) is 13.8 Å². The van der Waals surface area contributed by atoms with Crippen molar-refractivity contribution in [3.63, 3.8) is 0 Å². The van der Waals surface area contributed by atoms with Crippen molar-refractivity contribution in [2.45, 2.75) is 39.3 Å². The summed E-state index contributed by atoms with van der Waals surface area (Å²) < 4.78 is 12.5. The van der Waals surface area contributed by atoms with Gasteiger partial charge in [0.25, 0.3) is 5.78 Å². The predicted octanol–water partition coefficient (Wildman–Crippen LogP) is 6.43. The molecule has 4 aromatic rings. The highest BCUT2D eigenvalue weighted by atomic mass is 32.1. The number of aliphatic hydroxyl groups excluding tert-OH is 1. The summed E-state index contributed by atoms with van der Waals surface area (Å²) in [5, 5.41) is 12.0. The molecule has 0 radical (unpaired) electrons. The maximum absolute atomic E-state index is 13.7. The highest BCUT2D eigenvalue weighted by Crippen LogP contribution is 2.45. The zero-order valence-electron chi connectivity index (χ0n) is 22.4. The van der Waals surface area contributed by atoms with Gasteiger partial charge in [0.15, 0.2) is 5.13 Å². The Balaban J connectivity index is 1.54. The van der Waals surface area contributed by atoms with E-state index in [2.05, 4.69) is 6.58 Å². The van der Waals surface area contributed by atoms with Crippen LogP contribution in [0.15, 0.2) is 72.8 Å². The maximum atomic E-state index is 13.7. The van der Waals surface area contributed by atoms with Crippen molar-refractivity contribution in [2.75, 3.05) is 11.5 Å². The molecule has 6 rings (SSSR count). The van der Waals surface area contributed by atoms with E-state index in [1.807, 2.05) is 45.0 Å². The number of aromatic nitrogens is 1. The number of Topliss-reactive ketones (excluding diaryl/α,β-unsaturated/α-hetero) is 1. The Kier molecular flexibility index (Phi) is 6.43. The van der Waals surface area contributed by atoms with Gasteiger partial charge in [-0.15, -0.1) is 0 Å². The van der Waals surface area contributed by atoms with E-state index in [-0.39, 0.29) is 17.4 Å². The molecule has 7 nitrogen and oxygen atoms in total. The molecule has 202 valence electrons. The monoisotopic (exact) mass is 552 g/mol. The Morgan fingerprint density at radius 2 is 2.02 bits per heavy atom. The van der Waals surface area contributed by atoms with Crippen LogP contribution in [0.1, 0.15) is 40.8 Å². The number of nitrogens with zero attached hydrogens (tertiary/aromatic N) is 2. The van der Waals surface area contributed by atoms with E-state index in [0.29, 0.717) is 35.0 Å². The minimum absolute atomic E-state index is 0.00458. The van der Waals surface area contributed by atoms with Gasteiger partial charge in [0.05, 0.1) is 21.8 Å². The second-order valence-electron chi connectivity index (χ2n) is 10.2. The number of carbonyl (C=O) groups is 2. The van der Waals surface area contributed by atoms with Gasteiger partial charge in [-0.3, -0.25) is 14.5 Å². The molecule has 2 aliphatic rings. The lowest BCUT2D eigenvalue weighted by atomic mass is 9.94. The van der Waals surface area contributed by atoms with Crippen LogP contribution in [0.3, 0.4) is 0 Å². The van der Waals surface area contributed by atoms with E-state index in [4.69, 9.17) is 14.5 Å². The Bertz CT molecular complexity index is 1740. The van der Waals surface area contributed by atoms with Crippen LogP contribution in [-0.2, 0) is 16.0 Å². The van der Waals surface area contributed by atoms with E-state index in [0.717, 1.165) is 32.7 Å². The number of ether oxygens (including phenoxy) is 2. The van der Waals surface area contributed by atoms with Crippen LogP contribution in [0.2, 0.25) is 0 Å². The summed E-state index contributed by atoms with van der Waals surface area (Å²) in [6.45, 7) is 9.97. The van der Waals surface area contributed by atoms with E-state index in [1.54, 1.807) is 36.4 Å². The van der Waals surface area contributed by atoms with Crippen molar-refractivity contribution in [3.8, 4) is 11.5 Å². The number of aliphatic hydroxyl groups is 1. The quantitative estimate of drug-likeness (QED) is 0.128. The highest BCUT2D eigenvalue weighted by Gasteiger charge is 2.48. The van der Waals surface area contributed by atoms with Crippen molar-refractivity contribution < 1.29 is 24.2 Å². The summed E-state index contributed by atoms with van der Waals surface area (Å²) in [6.07, 6.45) is 2.37. The first-order valence-electron chi connectivity index (χ1n) is 13.1. The summed E-state index contributed by atoms with van der Waals surface area (Å²) >= 11 is 1.35. The third-order valence-corrected chi connectivity index (χ3v) is 8.18. The molecule has 3 heterocycles. The molecule has 40 heavy (non-hydrogen) atoms. The van der Waals surface area contributed by atoms with Gasteiger partial charge in [0, 0.05) is 12.0 Å². The summed E-state index contributed by atoms with van der Waals surface area (Å²) in [4.78, 5) is 33.5. The molecule has 1 N–H and O–H groups in total. The van der Waals surface area contributed by atoms with Crippen LogP contribution in [-0.4, -0.2) is 34.5 Å². The average Bonchev–Trinajstić information content (AvgIpc) is 3.59. The fourth-order valence-electron chi connectivity index (χ4n) is 5.46.